The van der Waals surface area contributed by atoms with Crippen molar-refractivity contribution in [2.24, 2.45) is 23.7 Å². The second-order valence-corrected chi connectivity index (χ2v) is 9.44. The summed E-state index contributed by atoms with van der Waals surface area (Å²) in [5.41, 5.74) is 1.26. The topological polar surface area (TPSA) is 81.7 Å². The highest BCUT2D eigenvalue weighted by molar-refractivity contribution is 9.10. The Morgan fingerprint density at radius 1 is 1.37 bits per heavy atom. The Balaban J connectivity index is 1.38. The van der Waals surface area contributed by atoms with Crippen molar-refractivity contribution >= 4 is 67.0 Å². The Kier molecular flexibility index (Phi) is 5.01. The van der Waals surface area contributed by atoms with Gasteiger partial charge in [-0.25, -0.2) is 0 Å². The lowest BCUT2D eigenvalue weighted by atomic mass is 9.80. The number of hydrogen-bond donors (Lipinski definition) is 1. The van der Waals surface area contributed by atoms with Crippen LogP contribution >= 0.6 is 43.5 Å². The first-order valence-electron chi connectivity index (χ1n) is 8.55. The monoisotopic (exact) mass is 519 g/mol. The quantitative estimate of drug-likeness (QED) is 0.485. The SMILES string of the molecule is Cc1c(NC(=O)COC(=O)[C@@H]2[C@H]3C[C@H]4[C@H](OC(=O)[C@@H]42)[C@@H]3Br)ccc(Br)c1Cl. The van der Waals surface area contributed by atoms with Crippen molar-refractivity contribution in [1.29, 1.82) is 0 Å². The highest BCUT2D eigenvalue weighted by atomic mass is 79.9. The second kappa shape index (κ2) is 7.04. The number of carbonyl (C=O) groups excluding carboxylic acids is 3. The number of alkyl halides is 1. The van der Waals surface area contributed by atoms with E-state index >= 15 is 0 Å². The summed E-state index contributed by atoms with van der Waals surface area (Å²) in [5, 5.41) is 3.19. The predicted molar refractivity (Wildman–Crippen MR) is 105 cm³/mol. The van der Waals surface area contributed by atoms with Crippen LogP contribution in [0.15, 0.2) is 16.6 Å². The smallest absolute Gasteiger partial charge is 0.310 e. The number of amides is 1. The van der Waals surface area contributed by atoms with Gasteiger partial charge in [0, 0.05) is 16.1 Å². The number of anilines is 1. The first-order valence-corrected chi connectivity index (χ1v) is 10.6. The fraction of sp³-hybridized carbons (Fsp3) is 0.500. The molecule has 1 saturated heterocycles. The fourth-order valence-electron chi connectivity index (χ4n) is 4.50. The normalized spacial score (nSPS) is 33.1. The minimum absolute atomic E-state index is 0.000430. The third kappa shape index (κ3) is 3.09. The number of nitrogens with one attached hydrogen (secondary N) is 1. The zero-order chi connectivity index (χ0) is 19.5. The average Bonchev–Trinajstić information content (AvgIpc) is 3.24. The van der Waals surface area contributed by atoms with Gasteiger partial charge < -0.3 is 14.8 Å². The largest absolute Gasteiger partial charge is 0.461 e. The summed E-state index contributed by atoms with van der Waals surface area (Å²) in [6.45, 7) is 1.36. The first kappa shape index (κ1) is 19.2. The Hall–Kier alpha value is -1.12. The number of ether oxygens (including phenoxy) is 2. The maximum Gasteiger partial charge on any atom is 0.310 e. The molecule has 9 heteroatoms. The van der Waals surface area contributed by atoms with Crippen LogP contribution in [0.5, 0.6) is 0 Å². The Bertz CT molecular complexity index is 847. The van der Waals surface area contributed by atoms with E-state index < -0.39 is 30.3 Å². The molecule has 0 unspecified atom stereocenters. The zero-order valence-electron chi connectivity index (χ0n) is 14.2. The predicted octanol–water partition coefficient (Wildman–Crippen LogP) is 3.46. The summed E-state index contributed by atoms with van der Waals surface area (Å²) in [7, 11) is 0. The van der Waals surface area contributed by atoms with Gasteiger partial charge in [-0.15, -0.1) is 0 Å². The van der Waals surface area contributed by atoms with Gasteiger partial charge in [0.15, 0.2) is 6.61 Å². The molecule has 27 heavy (non-hydrogen) atoms. The first-order chi connectivity index (χ1) is 12.8. The molecule has 1 aromatic carbocycles. The van der Waals surface area contributed by atoms with Crippen LogP contribution < -0.4 is 5.32 Å². The number of rotatable bonds is 4. The van der Waals surface area contributed by atoms with Crippen molar-refractivity contribution in [3.8, 4) is 0 Å². The molecule has 2 saturated carbocycles. The molecule has 6 nitrogen and oxygen atoms in total. The van der Waals surface area contributed by atoms with Crippen LogP contribution in [-0.2, 0) is 23.9 Å². The standard InChI is InChI=1S/C18H16Br2ClNO5/c1-6-10(3-2-9(19)15(6)21)22-11(23)5-26-17(24)12-7-4-8-13(12)18(25)27-16(8)14(7)20/h2-3,7-8,12-14,16H,4-5H2,1H3,(H,22,23)/t7-,8-,12-,13+,14-,16+/m1/s1. The summed E-state index contributed by atoms with van der Waals surface area (Å²) in [4.78, 5) is 36.8. The van der Waals surface area contributed by atoms with E-state index in [9.17, 15) is 14.4 Å². The molecule has 1 amide bonds. The van der Waals surface area contributed by atoms with Gasteiger partial charge in [-0.3, -0.25) is 14.4 Å². The average molecular weight is 522 g/mol. The number of halogens is 3. The molecule has 4 rings (SSSR count). The van der Waals surface area contributed by atoms with Gasteiger partial charge in [0.2, 0.25) is 0 Å². The molecule has 1 aromatic rings. The Labute approximate surface area is 177 Å². The van der Waals surface area contributed by atoms with E-state index in [-0.39, 0.29) is 28.7 Å². The fourth-order valence-corrected chi connectivity index (χ4v) is 6.14. The van der Waals surface area contributed by atoms with E-state index in [1.165, 1.54) is 0 Å². The molecule has 3 fully saturated rings. The summed E-state index contributed by atoms with van der Waals surface area (Å²) in [6.07, 6.45) is 0.615. The van der Waals surface area contributed by atoms with E-state index in [0.29, 0.717) is 16.3 Å². The third-order valence-electron chi connectivity index (χ3n) is 5.75. The van der Waals surface area contributed by atoms with Crippen LogP contribution in [0.4, 0.5) is 5.69 Å². The van der Waals surface area contributed by atoms with Gasteiger partial charge in [0.1, 0.15) is 6.10 Å². The maximum absolute atomic E-state index is 12.6. The third-order valence-corrected chi connectivity index (χ3v) is 8.33. The van der Waals surface area contributed by atoms with Gasteiger partial charge in [-0.05, 0) is 52.9 Å². The zero-order valence-corrected chi connectivity index (χ0v) is 18.1. The highest BCUT2D eigenvalue weighted by Crippen LogP contribution is 2.60. The number of fused-ring (bicyclic) bond motifs is 1. The minimum atomic E-state index is -0.553. The van der Waals surface area contributed by atoms with Crippen molar-refractivity contribution in [3.05, 3.63) is 27.2 Å². The van der Waals surface area contributed by atoms with Crippen LogP contribution in [0.3, 0.4) is 0 Å². The van der Waals surface area contributed by atoms with Crippen molar-refractivity contribution in [3.63, 3.8) is 0 Å². The van der Waals surface area contributed by atoms with E-state index in [1.807, 2.05) is 0 Å². The molecule has 6 atom stereocenters. The van der Waals surface area contributed by atoms with E-state index in [2.05, 4.69) is 37.2 Å². The molecule has 3 aliphatic rings. The molecule has 1 aliphatic heterocycles. The molecular weight excluding hydrogens is 505 g/mol. The summed E-state index contributed by atoms with van der Waals surface area (Å²) in [6, 6.07) is 3.44. The molecule has 144 valence electrons. The molecule has 2 aliphatic carbocycles. The van der Waals surface area contributed by atoms with E-state index in [1.54, 1.807) is 19.1 Å². The summed E-state index contributed by atoms with van der Waals surface area (Å²) < 4.78 is 11.3. The van der Waals surface area contributed by atoms with Gasteiger partial charge in [0.25, 0.3) is 5.91 Å². The Morgan fingerprint density at radius 2 is 2.11 bits per heavy atom. The van der Waals surface area contributed by atoms with Crippen LogP contribution in [-0.4, -0.2) is 35.4 Å². The summed E-state index contributed by atoms with van der Waals surface area (Å²) in [5.74, 6) is -2.25. The van der Waals surface area contributed by atoms with Crippen LogP contribution in [0.2, 0.25) is 5.02 Å². The molecular formula is C18H16Br2ClNO5. The van der Waals surface area contributed by atoms with Crippen LogP contribution in [0.25, 0.3) is 0 Å². The molecule has 2 bridgehead atoms. The lowest BCUT2D eigenvalue weighted by molar-refractivity contribution is -0.157. The highest BCUT2D eigenvalue weighted by Gasteiger charge is 2.68. The number of benzene rings is 1. The van der Waals surface area contributed by atoms with E-state index in [4.69, 9.17) is 21.1 Å². The number of hydrogen-bond acceptors (Lipinski definition) is 5. The molecule has 0 aromatic heterocycles. The van der Waals surface area contributed by atoms with Gasteiger partial charge in [-0.2, -0.15) is 0 Å². The molecule has 0 radical (unpaired) electrons. The number of carbonyl (C=O) groups is 3. The van der Waals surface area contributed by atoms with Crippen molar-refractivity contribution in [2.45, 2.75) is 24.3 Å². The molecule has 1 heterocycles. The van der Waals surface area contributed by atoms with Gasteiger partial charge >= 0.3 is 11.9 Å². The van der Waals surface area contributed by atoms with E-state index in [0.717, 1.165) is 10.9 Å². The van der Waals surface area contributed by atoms with Crippen molar-refractivity contribution < 1.29 is 23.9 Å². The second-order valence-electron chi connectivity index (χ2n) is 7.15. The van der Waals surface area contributed by atoms with Gasteiger partial charge in [-0.1, -0.05) is 27.5 Å². The van der Waals surface area contributed by atoms with Crippen LogP contribution in [0.1, 0.15) is 12.0 Å². The minimum Gasteiger partial charge on any atom is -0.461 e. The summed E-state index contributed by atoms with van der Waals surface area (Å²) >= 11 is 13.0. The van der Waals surface area contributed by atoms with Crippen molar-refractivity contribution in [1.82, 2.24) is 0 Å². The molecule has 0 spiro atoms. The molecule has 1 N–H and O–H groups in total. The lowest BCUT2D eigenvalue weighted by Gasteiger charge is -2.26. The van der Waals surface area contributed by atoms with Crippen molar-refractivity contribution in [2.75, 3.05) is 11.9 Å². The van der Waals surface area contributed by atoms with Crippen LogP contribution in [0, 0.1) is 30.6 Å². The van der Waals surface area contributed by atoms with Gasteiger partial charge in [0.05, 0.1) is 21.7 Å². The lowest BCUT2D eigenvalue weighted by Crippen LogP contribution is -2.39. The number of esters is 2. The maximum atomic E-state index is 12.6. The Morgan fingerprint density at radius 3 is 2.85 bits per heavy atom.